The van der Waals surface area contributed by atoms with Gasteiger partial charge in [-0.3, -0.25) is 23.9 Å². The van der Waals surface area contributed by atoms with E-state index in [1.165, 1.54) is 29.2 Å². The molecule has 2 N–H and O–H groups in total. The van der Waals surface area contributed by atoms with Crippen LogP contribution in [0.4, 0.5) is 15.8 Å². The molecule has 4 rings (SSSR count). The summed E-state index contributed by atoms with van der Waals surface area (Å²) in [5.74, 6) is -1.70. The molecule has 32 heavy (non-hydrogen) atoms. The van der Waals surface area contributed by atoms with E-state index in [4.69, 9.17) is 0 Å². The van der Waals surface area contributed by atoms with Crippen LogP contribution in [0.2, 0.25) is 0 Å². The lowest BCUT2D eigenvalue weighted by atomic mass is 10.1. The maximum atomic E-state index is 13.8. The molecular formula is C23H18FN5O3. The van der Waals surface area contributed by atoms with Crippen LogP contribution in [0.1, 0.15) is 16.1 Å². The van der Waals surface area contributed by atoms with E-state index in [-0.39, 0.29) is 29.2 Å². The number of rotatable bonds is 5. The van der Waals surface area contributed by atoms with Gasteiger partial charge >= 0.3 is 0 Å². The summed E-state index contributed by atoms with van der Waals surface area (Å²) in [5.41, 5.74) is 1.46. The Labute approximate surface area is 181 Å². The summed E-state index contributed by atoms with van der Waals surface area (Å²) in [7, 11) is 0. The van der Waals surface area contributed by atoms with E-state index in [0.29, 0.717) is 10.9 Å². The van der Waals surface area contributed by atoms with E-state index >= 15 is 0 Å². The molecule has 0 spiro atoms. The van der Waals surface area contributed by atoms with Gasteiger partial charge < -0.3 is 10.6 Å². The standard InChI is InChI=1S/C23H18FN5O3/c1-14-5-4-6-16-21(14)26-13-29(23(16)32)12-20(30)27-19-11-15(24)8-9-17(19)28-22(31)18-7-2-3-10-25-18/h2-11,13H,12H2,1H3,(H,27,30)(H,28,31). The minimum absolute atomic E-state index is 0.0527. The molecule has 2 amide bonds. The number of hydrogen-bond acceptors (Lipinski definition) is 5. The predicted octanol–water partition coefficient (Wildman–Crippen LogP) is 3.13. The van der Waals surface area contributed by atoms with Crippen molar-refractivity contribution in [1.82, 2.24) is 14.5 Å². The number of hydrogen-bond donors (Lipinski definition) is 2. The Hall–Kier alpha value is -4.40. The summed E-state index contributed by atoms with van der Waals surface area (Å²) in [6, 6.07) is 13.7. The Kier molecular flexibility index (Phi) is 5.71. The van der Waals surface area contributed by atoms with Gasteiger partial charge in [0.05, 0.1) is 28.6 Å². The molecule has 0 atom stereocenters. The van der Waals surface area contributed by atoms with Crippen LogP contribution in [0.3, 0.4) is 0 Å². The van der Waals surface area contributed by atoms with Gasteiger partial charge in [0.15, 0.2) is 0 Å². The highest BCUT2D eigenvalue weighted by atomic mass is 19.1. The molecule has 0 saturated heterocycles. The molecule has 4 aromatic rings. The van der Waals surface area contributed by atoms with E-state index in [1.54, 1.807) is 24.3 Å². The fourth-order valence-electron chi connectivity index (χ4n) is 3.21. The third-order valence-electron chi connectivity index (χ3n) is 4.77. The lowest BCUT2D eigenvalue weighted by molar-refractivity contribution is -0.116. The highest BCUT2D eigenvalue weighted by Crippen LogP contribution is 2.23. The highest BCUT2D eigenvalue weighted by molar-refractivity contribution is 6.06. The van der Waals surface area contributed by atoms with Crippen molar-refractivity contribution in [2.75, 3.05) is 10.6 Å². The summed E-state index contributed by atoms with van der Waals surface area (Å²) in [5, 5.41) is 5.54. The first kappa shape index (κ1) is 20.9. The number of benzene rings is 2. The third-order valence-corrected chi connectivity index (χ3v) is 4.77. The lowest BCUT2D eigenvalue weighted by Crippen LogP contribution is -2.28. The maximum absolute atomic E-state index is 13.8. The zero-order valence-corrected chi connectivity index (χ0v) is 17.0. The number of para-hydroxylation sites is 1. The van der Waals surface area contributed by atoms with E-state index in [1.807, 2.05) is 13.0 Å². The minimum atomic E-state index is -0.601. The average molecular weight is 431 g/mol. The normalized spacial score (nSPS) is 10.7. The van der Waals surface area contributed by atoms with Crippen LogP contribution < -0.4 is 16.2 Å². The first-order valence-corrected chi connectivity index (χ1v) is 9.69. The Morgan fingerprint density at radius 1 is 1.00 bits per heavy atom. The Balaban J connectivity index is 1.55. The molecule has 0 unspecified atom stereocenters. The summed E-state index contributed by atoms with van der Waals surface area (Å²) in [6.45, 7) is 1.51. The quantitative estimate of drug-likeness (QED) is 0.505. The lowest BCUT2D eigenvalue weighted by Gasteiger charge is -2.13. The van der Waals surface area contributed by atoms with Gasteiger partial charge in [0.25, 0.3) is 11.5 Å². The molecule has 0 aliphatic carbocycles. The van der Waals surface area contributed by atoms with Crippen LogP contribution in [-0.2, 0) is 11.3 Å². The number of carbonyl (C=O) groups excluding carboxylic acids is 2. The Morgan fingerprint density at radius 3 is 2.62 bits per heavy atom. The number of aromatic nitrogens is 3. The van der Waals surface area contributed by atoms with Gasteiger partial charge in [-0.2, -0.15) is 0 Å². The number of amides is 2. The second-order valence-corrected chi connectivity index (χ2v) is 7.06. The number of anilines is 2. The van der Waals surface area contributed by atoms with Crippen molar-refractivity contribution in [3.8, 4) is 0 Å². The number of nitrogens with zero attached hydrogens (tertiary/aromatic N) is 3. The highest BCUT2D eigenvalue weighted by Gasteiger charge is 2.14. The molecule has 0 saturated carbocycles. The smallest absolute Gasteiger partial charge is 0.274 e. The van der Waals surface area contributed by atoms with E-state index in [0.717, 1.165) is 17.7 Å². The summed E-state index contributed by atoms with van der Waals surface area (Å²) >= 11 is 0. The molecule has 0 bridgehead atoms. The number of halogens is 1. The topological polar surface area (TPSA) is 106 Å². The SMILES string of the molecule is Cc1cccc2c(=O)n(CC(=O)Nc3cc(F)ccc3NC(=O)c3ccccn3)cnc12. The molecule has 9 heteroatoms. The minimum Gasteiger partial charge on any atom is -0.323 e. The molecule has 2 aromatic carbocycles. The summed E-state index contributed by atoms with van der Waals surface area (Å²) in [4.78, 5) is 45.9. The molecule has 2 heterocycles. The maximum Gasteiger partial charge on any atom is 0.274 e. The summed E-state index contributed by atoms with van der Waals surface area (Å²) < 4.78 is 15.0. The van der Waals surface area contributed by atoms with Gasteiger partial charge in [0.1, 0.15) is 18.1 Å². The Bertz CT molecular complexity index is 1390. The van der Waals surface area contributed by atoms with Crippen molar-refractivity contribution in [3.63, 3.8) is 0 Å². The number of carbonyl (C=O) groups is 2. The number of nitrogens with one attached hydrogen (secondary N) is 2. The zero-order chi connectivity index (χ0) is 22.7. The Morgan fingerprint density at radius 2 is 1.84 bits per heavy atom. The van der Waals surface area contributed by atoms with E-state index in [9.17, 15) is 18.8 Å². The van der Waals surface area contributed by atoms with Gasteiger partial charge in [-0.05, 0) is 48.9 Å². The van der Waals surface area contributed by atoms with Crippen molar-refractivity contribution in [1.29, 1.82) is 0 Å². The van der Waals surface area contributed by atoms with Gasteiger partial charge in [0.2, 0.25) is 5.91 Å². The zero-order valence-electron chi connectivity index (χ0n) is 17.0. The van der Waals surface area contributed by atoms with Crippen LogP contribution in [-0.4, -0.2) is 26.3 Å². The van der Waals surface area contributed by atoms with Crippen molar-refractivity contribution < 1.29 is 14.0 Å². The molecule has 0 aliphatic heterocycles. The van der Waals surface area contributed by atoms with Gasteiger partial charge in [0, 0.05) is 6.20 Å². The third kappa shape index (κ3) is 4.36. The fourth-order valence-corrected chi connectivity index (χ4v) is 3.21. The first-order chi connectivity index (χ1) is 15.4. The largest absolute Gasteiger partial charge is 0.323 e. The molecule has 8 nitrogen and oxygen atoms in total. The van der Waals surface area contributed by atoms with Gasteiger partial charge in [-0.1, -0.05) is 18.2 Å². The monoisotopic (exact) mass is 431 g/mol. The van der Waals surface area contributed by atoms with E-state index < -0.39 is 17.6 Å². The fraction of sp³-hybridized carbons (Fsp3) is 0.0870. The van der Waals surface area contributed by atoms with E-state index in [2.05, 4.69) is 20.6 Å². The number of fused-ring (bicyclic) bond motifs is 1. The first-order valence-electron chi connectivity index (χ1n) is 9.69. The second kappa shape index (κ2) is 8.76. The van der Waals surface area contributed by atoms with Crippen LogP contribution in [0.15, 0.2) is 71.9 Å². The van der Waals surface area contributed by atoms with Crippen molar-refractivity contribution in [2.45, 2.75) is 13.5 Å². The van der Waals surface area contributed by atoms with Gasteiger partial charge in [-0.25, -0.2) is 9.37 Å². The molecule has 0 aliphatic rings. The van der Waals surface area contributed by atoms with Crippen LogP contribution in [0.5, 0.6) is 0 Å². The van der Waals surface area contributed by atoms with Crippen LogP contribution in [0.25, 0.3) is 10.9 Å². The average Bonchev–Trinajstić information content (AvgIpc) is 2.78. The predicted molar refractivity (Wildman–Crippen MR) is 118 cm³/mol. The van der Waals surface area contributed by atoms with Crippen molar-refractivity contribution >= 4 is 34.1 Å². The second-order valence-electron chi connectivity index (χ2n) is 7.06. The van der Waals surface area contributed by atoms with Crippen molar-refractivity contribution in [3.05, 3.63) is 94.5 Å². The molecule has 0 fully saturated rings. The number of pyridine rings is 1. The summed E-state index contributed by atoms with van der Waals surface area (Å²) in [6.07, 6.45) is 2.77. The van der Waals surface area contributed by atoms with Crippen LogP contribution in [0, 0.1) is 12.7 Å². The van der Waals surface area contributed by atoms with Crippen molar-refractivity contribution in [2.24, 2.45) is 0 Å². The molecule has 160 valence electrons. The number of aryl methyl sites for hydroxylation is 1. The van der Waals surface area contributed by atoms with Crippen LogP contribution >= 0.6 is 0 Å². The molecular weight excluding hydrogens is 413 g/mol. The molecule has 2 aromatic heterocycles. The molecule has 0 radical (unpaired) electrons. The van der Waals surface area contributed by atoms with Gasteiger partial charge in [-0.15, -0.1) is 0 Å².